The van der Waals surface area contributed by atoms with Crippen molar-refractivity contribution in [3.05, 3.63) is 22.8 Å². The number of aliphatic hydroxyl groups excluding tert-OH is 1. The number of fused-ring (bicyclic) bond motifs is 7. The Morgan fingerprint density at radius 1 is 1.23 bits per heavy atom. The highest BCUT2D eigenvalue weighted by Crippen LogP contribution is 2.66. The molecule has 2 heterocycles. The monoisotopic (exact) mass is 488 g/mol. The Bertz CT molecular complexity index is 1030. The van der Waals surface area contributed by atoms with E-state index in [0.717, 1.165) is 19.3 Å². The van der Waals surface area contributed by atoms with E-state index >= 15 is 0 Å². The van der Waals surface area contributed by atoms with Crippen LogP contribution in [0.15, 0.2) is 22.8 Å². The molecule has 0 aromatic carbocycles. The van der Waals surface area contributed by atoms with Gasteiger partial charge < -0.3 is 24.4 Å². The second-order valence-electron chi connectivity index (χ2n) is 11.9. The minimum Gasteiger partial charge on any atom is -0.452 e. The average Bonchev–Trinajstić information content (AvgIpc) is 3.27. The molecular formula is C27H36O8. The predicted molar refractivity (Wildman–Crippen MR) is 124 cm³/mol. The summed E-state index contributed by atoms with van der Waals surface area (Å²) in [6.45, 7) is 9.59. The van der Waals surface area contributed by atoms with Crippen molar-refractivity contribution >= 4 is 18.0 Å². The fourth-order valence-corrected chi connectivity index (χ4v) is 7.81. The van der Waals surface area contributed by atoms with E-state index in [-0.39, 0.29) is 23.5 Å². The summed E-state index contributed by atoms with van der Waals surface area (Å²) in [4.78, 5) is 37.4. The fourth-order valence-electron chi connectivity index (χ4n) is 7.81. The lowest BCUT2D eigenvalue weighted by Gasteiger charge is -2.53. The van der Waals surface area contributed by atoms with Crippen LogP contribution in [0.2, 0.25) is 0 Å². The third kappa shape index (κ3) is 3.29. The Morgan fingerprint density at radius 2 is 1.94 bits per heavy atom. The van der Waals surface area contributed by atoms with E-state index in [4.69, 9.17) is 14.2 Å². The van der Waals surface area contributed by atoms with E-state index in [0.29, 0.717) is 18.6 Å². The second kappa shape index (κ2) is 8.07. The molecule has 0 spiro atoms. The van der Waals surface area contributed by atoms with Crippen LogP contribution >= 0.6 is 0 Å². The zero-order chi connectivity index (χ0) is 25.5. The molecule has 2 N–H and O–H groups in total. The number of rotatable bonds is 3. The SMILES string of the molecule is CC(=O)O[C@@H]1CO[C@@H]2O[C@@H]3[C@H](C(C=O)=C[C@H](O)[C@H]4C5=C(C(C)C)CC[C@@]5(C)CC[C@]34C)[C@@]2(O)C1=O. The summed E-state index contributed by atoms with van der Waals surface area (Å²) in [5.41, 5.74) is -0.216. The van der Waals surface area contributed by atoms with Gasteiger partial charge in [0.25, 0.3) is 0 Å². The Morgan fingerprint density at radius 3 is 2.57 bits per heavy atom. The highest BCUT2D eigenvalue weighted by molar-refractivity contribution is 5.96. The average molecular weight is 489 g/mol. The summed E-state index contributed by atoms with van der Waals surface area (Å²) in [6, 6.07) is 0. The van der Waals surface area contributed by atoms with E-state index in [1.165, 1.54) is 24.1 Å². The van der Waals surface area contributed by atoms with Gasteiger partial charge in [0, 0.05) is 18.3 Å². The minimum absolute atomic E-state index is 0.0468. The number of esters is 1. The van der Waals surface area contributed by atoms with Crippen LogP contribution in [0, 0.1) is 28.6 Å². The molecule has 1 saturated carbocycles. The van der Waals surface area contributed by atoms with E-state index in [9.17, 15) is 24.6 Å². The highest BCUT2D eigenvalue weighted by atomic mass is 16.7. The Labute approximate surface area is 205 Å². The van der Waals surface area contributed by atoms with Gasteiger partial charge in [0.15, 0.2) is 18.0 Å². The van der Waals surface area contributed by atoms with Crippen molar-refractivity contribution in [3.63, 3.8) is 0 Å². The quantitative estimate of drug-likeness (QED) is 0.353. The first-order valence-corrected chi connectivity index (χ1v) is 12.7. The summed E-state index contributed by atoms with van der Waals surface area (Å²) >= 11 is 0. The molecule has 0 aromatic rings. The van der Waals surface area contributed by atoms with Gasteiger partial charge in [-0.1, -0.05) is 38.8 Å². The maximum Gasteiger partial charge on any atom is 0.303 e. The van der Waals surface area contributed by atoms with Gasteiger partial charge in [-0.25, -0.2) is 0 Å². The van der Waals surface area contributed by atoms with Crippen molar-refractivity contribution < 1.29 is 38.8 Å². The first-order valence-electron chi connectivity index (χ1n) is 12.7. The van der Waals surface area contributed by atoms with Crippen LogP contribution in [0.1, 0.15) is 60.3 Å². The molecule has 9 atom stereocenters. The zero-order valence-electron chi connectivity index (χ0n) is 21.1. The predicted octanol–water partition coefficient (Wildman–Crippen LogP) is 2.26. The molecular weight excluding hydrogens is 452 g/mol. The Kier molecular flexibility index (Phi) is 5.72. The van der Waals surface area contributed by atoms with Crippen molar-refractivity contribution in [2.75, 3.05) is 6.61 Å². The maximum absolute atomic E-state index is 13.5. The molecule has 35 heavy (non-hydrogen) atoms. The smallest absolute Gasteiger partial charge is 0.303 e. The first kappa shape index (κ1) is 24.8. The van der Waals surface area contributed by atoms with Gasteiger partial charge in [-0.2, -0.15) is 0 Å². The van der Waals surface area contributed by atoms with E-state index in [1.54, 1.807) is 0 Å². The van der Waals surface area contributed by atoms with E-state index < -0.39 is 53.3 Å². The lowest BCUT2D eigenvalue weighted by molar-refractivity contribution is -0.244. The number of carbonyl (C=O) groups excluding carboxylic acids is 3. The molecule has 5 aliphatic rings. The van der Waals surface area contributed by atoms with Gasteiger partial charge >= 0.3 is 5.97 Å². The molecule has 0 amide bonds. The van der Waals surface area contributed by atoms with Crippen LogP contribution in [0.5, 0.6) is 0 Å². The summed E-state index contributed by atoms with van der Waals surface area (Å²) in [5.74, 6) is -2.45. The number of hydrogen-bond acceptors (Lipinski definition) is 8. The topological polar surface area (TPSA) is 119 Å². The molecule has 0 aromatic heterocycles. The number of allylic oxidation sites excluding steroid dienone is 1. The lowest BCUT2D eigenvalue weighted by atomic mass is 9.52. The number of aldehydes is 1. The number of aliphatic hydroxyl groups is 2. The van der Waals surface area contributed by atoms with Crippen molar-refractivity contribution in [1.29, 1.82) is 0 Å². The Balaban J connectivity index is 1.66. The fraction of sp³-hybridized carbons (Fsp3) is 0.741. The first-order chi connectivity index (χ1) is 16.4. The third-order valence-corrected chi connectivity index (χ3v) is 9.53. The van der Waals surface area contributed by atoms with E-state index in [2.05, 4.69) is 20.8 Å². The van der Waals surface area contributed by atoms with Crippen LogP contribution in [0.25, 0.3) is 0 Å². The Hall–Kier alpha value is -1.87. The molecule has 0 radical (unpaired) electrons. The normalized spacial score (nSPS) is 46.9. The lowest BCUT2D eigenvalue weighted by Crippen LogP contribution is -2.62. The summed E-state index contributed by atoms with van der Waals surface area (Å²) in [7, 11) is 0. The molecule has 5 rings (SSSR count). The van der Waals surface area contributed by atoms with Gasteiger partial charge in [0.2, 0.25) is 5.78 Å². The third-order valence-electron chi connectivity index (χ3n) is 9.53. The van der Waals surface area contributed by atoms with Crippen molar-refractivity contribution in [1.82, 2.24) is 0 Å². The highest BCUT2D eigenvalue weighted by Gasteiger charge is 2.72. The molecule has 8 heteroatoms. The van der Waals surface area contributed by atoms with Crippen LogP contribution in [-0.2, 0) is 28.6 Å². The number of Topliss-reactive ketones (excluding diaryl/α,β-unsaturated/α-hetero) is 1. The van der Waals surface area contributed by atoms with Gasteiger partial charge in [-0.05, 0) is 48.7 Å². The summed E-state index contributed by atoms with van der Waals surface area (Å²) < 4.78 is 17.2. The molecule has 0 unspecified atom stereocenters. The van der Waals surface area contributed by atoms with Crippen LogP contribution in [0.3, 0.4) is 0 Å². The number of carbonyl (C=O) groups is 3. The zero-order valence-corrected chi connectivity index (χ0v) is 21.1. The van der Waals surface area contributed by atoms with Crippen LogP contribution in [-0.4, -0.2) is 65.1 Å². The number of hydrogen-bond donors (Lipinski definition) is 2. The molecule has 2 saturated heterocycles. The second-order valence-corrected chi connectivity index (χ2v) is 11.9. The van der Waals surface area contributed by atoms with E-state index in [1.807, 2.05) is 6.92 Å². The molecule has 8 nitrogen and oxygen atoms in total. The van der Waals surface area contributed by atoms with Gasteiger partial charge in [-0.15, -0.1) is 0 Å². The minimum atomic E-state index is -2.21. The van der Waals surface area contributed by atoms with Gasteiger partial charge in [-0.3, -0.25) is 14.4 Å². The maximum atomic E-state index is 13.5. The van der Waals surface area contributed by atoms with Crippen LogP contribution < -0.4 is 0 Å². The van der Waals surface area contributed by atoms with Gasteiger partial charge in [0.1, 0.15) is 6.29 Å². The molecule has 0 bridgehead atoms. The summed E-state index contributed by atoms with van der Waals surface area (Å²) in [6.07, 6.45) is 1.38. The molecule has 3 aliphatic carbocycles. The summed E-state index contributed by atoms with van der Waals surface area (Å²) in [5, 5.41) is 23.5. The van der Waals surface area contributed by atoms with Crippen molar-refractivity contribution in [2.45, 2.75) is 90.5 Å². The largest absolute Gasteiger partial charge is 0.452 e. The molecule has 3 fully saturated rings. The van der Waals surface area contributed by atoms with Crippen molar-refractivity contribution in [3.8, 4) is 0 Å². The van der Waals surface area contributed by atoms with Crippen LogP contribution in [0.4, 0.5) is 0 Å². The number of ketones is 1. The standard InChI is InChI=1S/C27H36O8/c1-13(2)16-6-7-25(4)8-9-26(5)21(20(16)25)17(30)10-15(11-28)19-23(26)35-24-27(19,32)22(31)18(12-33-24)34-14(3)29/h10-11,13,17-19,21,23-24,30,32H,6-9,12H2,1-5H3/t17-,18+,19-,21-,23+,24+,25-,26-,27+/m0/s1. The molecule has 2 aliphatic heterocycles. The van der Waals surface area contributed by atoms with Crippen molar-refractivity contribution in [2.24, 2.45) is 28.6 Å². The molecule has 192 valence electrons. The number of ether oxygens (including phenoxy) is 3. The van der Waals surface area contributed by atoms with Gasteiger partial charge in [0.05, 0.1) is 24.7 Å².